The van der Waals surface area contributed by atoms with Gasteiger partial charge in [-0.05, 0) is 38.1 Å². The Labute approximate surface area is 124 Å². The summed E-state index contributed by atoms with van der Waals surface area (Å²) < 4.78 is 0. The topological polar surface area (TPSA) is 61.3 Å². The van der Waals surface area contributed by atoms with Gasteiger partial charge in [-0.3, -0.25) is 0 Å². The normalized spacial score (nSPS) is 13.4. The first-order valence-corrected chi connectivity index (χ1v) is 7.00. The summed E-state index contributed by atoms with van der Waals surface area (Å²) in [6.45, 7) is 5.16. The zero-order valence-corrected chi connectivity index (χ0v) is 12.1. The third kappa shape index (κ3) is 2.81. The summed E-state index contributed by atoms with van der Waals surface area (Å²) >= 11 is 0. The predicted molar refractivity (Wildman–Crippen MR) is 84.9 cm³/mol. The fourth-order valence-electron chi connectivity index (χ4n) is 2.30. The van der Waals surface area contributed by atoms with Crippen molar-refractivity contribution in [1.29, 1.82) is 0 Å². The van der Waals surface area contributed by atoms with E-state index in [1.807, 2.05) is 6.20 Å². The number of phenols is 1. The number of hydrogen-bond donors (Lipinski definition) is 2. The summed E-state index contributed by atoms with van der Waals surface area (Å²) in [5, 5.41) is 12.5. The number of anilines is 3. The van der Waals surface area contributed by atoms with Crippen LogP contribution in [0.5, 0.6) is 5.75 Å². The SMILES string of the molecule is CC(C)N1CC=Cc2cnc(Nc3ccc(O)cc3)nc21. The van der Waals surface area contributed by atoms with Gasteiger partial charge in [0, 0.05) is 30.0 Å². The van der Waals surface area contributed by atoms with Gasteiger partial charge in [0.15, 0.2) is 0 Å². The second kappa shape index (κ2) is 5.44. The van der Waals surface area contributed by atoms with Crippen LogP contribution in [0.1, 0.15) is 19.4 Å². The van der Waals surface area contributed by atoms with E-state index in [0.717, 1.165) is 23.6 Å². The Morgan fingerprint density at radius 3 is 2.71 bits per heavy atom. The van der Waals surface area contributed by atoms with Gasteiger partial charge in [-0.25, -0.2) is 4.98 Å². The first kappa shape index (κ1) is 13.4. The summed E-state index contributed by atoms with van der Waals surface area (Å²) in [7, 11) is 0. The molecule has 2 aromatic rings. The van der Waals surface area contributed by atoms with E-state index >= 15 is 0 Å². The Balaban J connectivity index is 1.89. The molecule has 1 aliphatic heterocycles. The molecule has 1 aromatic heterocycles. The molecule has 2 N–H and O–H groups in total. The highest BCUT2D eigenvalue weighted by atomic mass is 16.3. The molecule has 0 radical (unpaired) electrons. The first-order chi connectivity index (χ1) is 10.1. The van der Waals surface area contributed by atoms with Crippen molar-refractivity contribution in [1.82, 2.24) is 9.97 Å². The fourth-order valence-corrected chi connectivity index (χ4v) is 2.30. The van der Waals surface area contributed by atoms with Gasteiger partial charge in [0.25, 0.3) is 0 Å². The van der Waals surface area contributed by atoms with Crippen LogP contribution in [0.15, 0.2) is 36.5 Å². The van der Waals surface area contributed by atoms with Crippen molar-refractivity contribution < 1.29 is 5.11 Å². The molecule has 2 heterocycles. The molecule has 0 atom stereocenters. The van der Waals surface area contributed by atoms with Crippen LogP contribution < -0.4 is 10.2 Å². The standard InChI is InChI=1S/C16H18N4O/c1-11(2)20-9-3-4-12-10-17-16(19-15(12)20)18-13-5-7-14(21)8-6-13/h3-8,10-11,21H,9H2,1-2H3,(H,17,18,19). The number of aromatic hydroxyl groups is 1. The van der Waals surface area contributed by atoms with Crippen LogP contribution in [-0.2, 0) is 0 Å². The molecule has 5 heteroatoms. The molecular weight excluding hydrogens is 264 g/mol. The minimum Gasteiger partial charge on any atom is -0.508 e. The lowest BCUT2D eigenvalue weighted by Gasteiger charge is -2.30. The van der Waals surface area contributed by atoms with Crippen LogP contribution in [0.3, 0.4) is 0 Å². The van der Waals surface area contributed by atoms with E-state index in [4.69, 9.17) is 0 Å². The number of phenolic OH excluding ortho intramolecular Hbond substituents is 1. The molecular formula is C16H18N4O. The molecule has 0 saturated carbocycles. The smallest absolute Gasteiger partial charge is 0.229 e. The largest absolute Gasteiger partial charge is 0.508 e. The van der Waals surface area contributed by atoms with Gasteiger partial charge in [0.05, 0.1) is 0 Å². The van der Waals surface area contributed by atoms with Crippen LogP contribution in [0.2, 0.25) is 0 Å². The first-order valence-electron chi connectivity index (χ1n) is 7.00. The minimum absolute atomic E-state index is 0.239. The number of nitrogens with zero attached hydrogens (tertiary/aromatic N) is 3. The van der Waals surface area contributed by atoms with Crippen molar-refractivity contribution >= 4 is 23.5 Å². The molecule has 0 saturated heterocycles. The fraction of sp³-hybridized carbons (Fsp3) is 0.250. The lowest BCUT2D eigenvalue weighted by atomic mass is 10.1. The van der Waals surface area contributed by atoms with Gasteiger partial charge in [0.1, 0.15) is 11.6 Å². The molecule has 1 aliphatic rings. The van der Waals surface area contributed by atoms with Gasteiger partial charge in [-0.15, -0.1) is 0 Å². The predicted octanol–water partition coefficient (Wildman–Crippen LogP) is 3.17. The zero-order valence-electron chi connectivity index (χ0n) is 12.1. The number of benzene rings is 1. The van der Waals surface area contributed by atoms with Crippen LogP contribution in [0, 0.1) is 0 Å². The lowest BCUT2D eigenvalue weighted by molar-refractivity contribution is 0.475. The van der Waals surface area contributed by atoms with Gasteiger partial charge in [-0.2, -0.15) is 4.98 Å². The maximum Gasteiger partial charge on any atom is 0.229 e. The Hall–Kier alpha value is -2.56. The maximum atomic E-state index is 9.30. The third-order valence-electron chi connectivity index (χ3n) is 3.41. The Morgan fingerprint density at radius 2 is 2.00 bits per heavy atom. The van der Waals surface area contributed by atoms with Gasteiger partial charge < -0.3 is 15.3 Å². The maximum absolute atomic E-state index is 9.30. The molecule has 5 nitrogen and oxygen atoms in total. The quantitative estimate of drug-likeness (QED) is 0.847. The number of hydrogen-bond acceptors (Lipinski definition) is 5. The van der Waals surface area contributed by atoms with E-state index in [-0.39, 0.29) is 5.75 Å². The van der Waals surface area contributed by atoms with Gasteiger partial charge in [-0.1, -0.05) is 12.2 Å². The zero-order chi connectivity index (χ0) is 14.8. The van der Waals surface area contributed by atoms with Crippen molar-refractivity contribution in [2.75, 3.05) is 16.8 Å². The molecule has 0 bridgehead atoms. The molecule has 0 amide bonds. The molecule has 108 valence electrons. The minimum atomic E-state index is 0.239. The van der Waals surface area contributed by atoms with Crippen molar-refractivity contribution in [3.8, 4) is 5.75 Å². The molecule has 0 unspecified atom stereocenters. The highest BCUT2D eigenvalue weighted by molar-refractivity contribution is 5.69. The highest BCUT2D eigenvalue weighted by Crippen LogP contribution is 2.26. The van der Waals surface area contributed by atoms with E-state index in [9.17, 15) is 5.11 Å². The van der Waals surface area contributed by atoms with Crippen LogP contribution in [0.25, 0.3) is 6.08 Å². The molecule has 0 spiro atoms. The van der Waals surface area contributed by atoms with E-state index < -0.39 is 0 Å². The molecule has 1 aromatic carbocycles. The van der Waals surface area contributed by atoms with Gasteiger partial charge >= 0.3 is 0 Å². The average Bonchev–Trinajstić information content (AvgIpc) is 2.49. The van der Waals surface area contributed by atoms with Crippen LogP contribution >= 0.6 is 0 Å². The van der Waals surface area contributed by atoms with E-state index in [2.05, 4.69) is 46.2 Å². The monoisotopic (exact) mass is 282 g/mol. The summed E-state index contributed by atoms with van der Waals surface area (Å²) in [4.78, 5) is 11.2. The van der Waals surface area contributed by atoms with Crippen molar-refractivity contribution in [3.05, 3.63) is 42.1 Å². The second-order valence-corrected chi connectivity index (χ2v) is 5.29. The molecule has 0 fully saturated rings. The van der Waals surface area contributed by atoms with Crippen molar-refractivity contribution in [2.45, 2.75) is 19.9 Å². The number of nitrogens with one attached hydrogen (secondary N) is 1. The van der Waals surface area contributed by atoms with E-state index in [1.54, 1.807) is 24.3 Å². The van der Waals surface area contributed by atoms with E-state index in [0.29, 0.717) is 12.0 Å². The van der Waals surface area contributed by atoms with Crippen LogP contribution in [0.4, 0.5) is 17.5 Å². The Kier molecular flexibility index (Phi) is 3.48. The van der Waals surface area contributed by atoms with Crippen LogP contribution in [-0.4, -0.2) is 27.7 Å². The summed E-state index contributed by atoms with van der Waals surface area (Å²) in [6.07, 6.45) is 6.01. The summed E-state index contributed by atoms with van der Waals surface area (Å²) in [5.41, 5.74) is 1.88. The number of rotatable bonds is 3. The third-order valence-corrected chi connectivity index (χ3v) is 3.41. The Bertz CT molecular complexity index is 664. The number of aromatic nitrogens is 2. The van der Waals surface area contributed by atoms with Gasteiger partial charge in [0.2, 0.25) is 5.95 Å². The summed E-state index contributed by atoms with van der Waals surface area (Å²) in [5.74, 6) is 1.74. The van der Waals surface area contributed by atoms with Crippen molar-refractivity contribution in [3.63, 3.8) is 0 Å². The molecule has 0 aliphatic carbocycles. The highest BCUT2D eigenvalue weighted by Gasteiger charge is 2.18. The Morgan fingerprint density at radius 1 is 1.24 bits per heavy atom. The molecule has 21 heavy (non-hydrogen) atoms. The second-order valence-electron chi connectivity index (χ2n) is 5.29. The number of fused-ring (bicyclic) bond motifs is 1. The summed E-state index contributed by atoms with van der Waals surface area (Å²) in [6, 6.07) is 7.22. The molecule has 3 rings (SSSR count). The average molecular weight is 282 g/mol. The van der Waals surface area contributed by atoms with Crippen molar-refractivity contribution in [2.24, 2.45) is 0 Å². The van der Waals surface area contributed by atoms with E-state index in [1.165, 1.54) is 0 Å². The lowest BCUT2D eigenvalue weighted by Crippen LogP contribution is -2.33.